The fraction of sp³-hybridized carbons (Fsp3) is 0.467. The van der Waals surface area contributed by atoms with E-state index in [0.29, 0.717) is 19.3 Å². The maximum atomic E-state index is 11.6. The topological polar surface area (TPSA) is 74.6 Å². The zero-order chi connectivity index (χ0) is 14.0. The van der Waals surface area contributed by atoms with Gasteiger partial charge in [-0.15, -0.1) is 0 Å². The zero-order valence-electron chi connectivity index (χ0n) is 10.9. The average Bonchev–Trinajstić information content (AvgIpc) is 2.69. The summed E-state index contributed by atoms with van der Waals surface area (Å²) in [5.41, 5.74) is 0.361. The van der Waals surface area contributed by atoms with Gasteiger partial charge in [0.15, 0.2) is 5.78 Å². The molecule has 4 heteroatoms. The number of carbonyl (C=O) groups is 2. The number of hydrogen-bond acceptors (Lipinski definition) is 3. The lowest BCUT2D eigenvalue weighted by Gasteiger charge is -2.20. The van der Waals surface area contributed by atoms with E-state index < -0.39 is 17.5 Å². The molecule has 2 atom stereocenters. The monoisotopic (exact) mass is 262 g/mol. The van der Waals surface area contributed by atoms with E-state index in [-0.39, 0.29) is 5.78 Å². The third-order valence-electron chi connectivity index (χ3n) is 3.86. The fourth-order valence-corrected chi connectivity index (χ4v) is 2.50. The molecule has 1 aliphatic carbocycles. The lowest BCUT2D eigenvalue weighted by Crippen LogP contribution is -2.35. The Morgan fingerprint density at radius 3 is 2.47 bits per heavy atom. The van der Waals surface area contributed by atoms with Crippen LogP contribution in [0.3, 0.4) is 0 Å². The summed E-state index contributed by atoms with van der Waals surface area (Å²) >= 11 is 0. The van der Waals surface area contributed by atoms with Crippen molar-refractivity contribution < 1.29 is 19.8 Å². The van der Waals surface area contributed by atoms with Gasteiger partial charge in [0.05, 0.1) is 5.92 Å². The molecular weight excluding hydrogens is 244 g/mol. The van der Waals surface area contributed by atoms with Gasteiger partial charge in [-0.25, -0.2) is 0 Å². The molecule has 0 aliphatic heterocycles. The molecule has 0 radical (unpaired) electrons. The van der Waals surface area contributed by atoms with Crippen LogP contribution in [0.2, 0.25) is 0 Å². The molecule has 19 heavy (non-hydrogen) atoms. The number of Topliss-reactive ketones (excluding diaryl/α,β-unsaturated/α-hetero) is 1. The first-order valence-corrected chi connectivity index (χ1v) is 6.50. The Morgan fingerprint density at radius 2 is 2.00 bits per heavy atom. The molecule has 2 unspecified atom stereocenters. The van der Waals surface area contributed by atoms with E-state index in [1.807, 2.05) is 0 Å². The number of rotatable bonds is 4. The van der Waals surface area contributed by atoms with Gasteiger partial charge in [-0.05, 0) is 30.9 Å². The lowest BCUT2D eigenvalue weighted by atomic mass is 9.91. The van der Waals surface area contributed by atoms with Crippen LogP contribution in [0.25, 0.3) is 0 Å². The third kappa shape index (κ3) is 2.84. The van der Waals surface area contributed by atoms with Crippen molar-refractivity contribution in [2.24, 2.45) is 0 Å². The predicted molar refractivity (Wildman–Crippen MR) is 70.0 cm³/mol. The highest BCUT2D eigenvalue weighted by Crippen LogP contribution is 2.30. The molecular formula is C15H18O4. The maximum absolute atomic E-state index is 11.6. The summed E-state index contributed by atoms with van der Waals surface area (Å²) in [5, 5.41) is 19.2. The van der Waals surface area contributed by atoms with Crippen molar-refractivity contribution in [2.45, 2.75) is 44.1 Å². The van der Waals surface area contributed by atoms with Crippen molar-refractivity contribution in [3.05, 3.63) is 35.4 Å². The Balaban J connectivity index is 2.11. The number of hydrogen-bond donors (Lipinski definition) is 2. The van der Waals surface area contributed by atoms with Crippen molar-refractivity contribution >= 4 is 11.8 Å². The van der Waals surface area contributed by atoms with Crippen LogP contribution >= 0.6 is 0 Å². The number of carboxylic acid groups (broad SMARTS) is 1. The van der Waals surface area contributed by atoms with Crippen molar-refractivity contribution in [3.63, 3.8) is 0 Å². The van der Waals surface area contributed by atoms with Crippen LogP contribution < -0.4 is 0 Å². The number of benzene rings is 1. The minimum absolute atomic E-state index is 0.0875. The molecule has 0 aromatic heterocycles. The first-order valence-electron chi connectivity index (χ1n) is 6.50. The standard InChI is InChI=1S/C15H18O4/c1-10(14(17)18)12-6-4-11(5-7-12)9-15(19)8-2-3-13(15)16/h4-7,10,19H,2-3,8-9H2,1H3,(H,17,18). The Bertz CT molecular complexity index is 491. The second kappa shape index (κ2) is 5.13. The van der Waals surface area contributed by atoms with Gasteiger partial charge >= 0.3 is 5.97 Å². The van der Waals surface area contributed by atoms with E-state index in [0.717, 1.165) is 17.5 Å². The van der Waals surface area contributed by atoms with Crippen LogP contribution in [-0.4, -0.2) is 27.6 Å². The van der Waals surface area contributed by atoms with E-state index in [1.165, 1.54) is 0 Å². The van der Waals surface area contributed by atoms with Gasteiger partial charge in [-0.2, -0.15) is 0 Å². The number of aliphatic hydroxyl groups is 1. The fourth-order valence-electron chi connectivity index (χ4n) is 2.50. The van der Waals surface area contributed by atoms with Crippen LogP contribution in [0, 0.1) is 0 Å². The van der Waals surface area contributed by atoms with Crippen LogP contribution in [0.1, 0.15) is 43.2 Å². The summed E-state index contributed by atoms with van der Waals surface area (Å²) in [7, 11) is 0. The second-order valence-corrected chi connectivity index (χ2v) is 5.29. The third-order valence-corrected chi connectivity index (χ3v) is 3.86. The summed E-state index contributed by atoms with van der Waals surface area (Å²) in [6, 6.07) is 7.07. The molecule has 4 nitrogen and oxygen atoms in total. The van der Waals surface area contributed by atoms with Crippen LogP contribution in [-0.2, 0) is 16.0 Å². The highest BCUT2D eigenvalue weighted by molar-refractivity contribution is 5.89. The van der Waals surface area contributed by atoms with E-state index in [1.54, 1.807) is 31.2 Å². The first-order chi connectivity index (χ1) is 8.92. The second-order valence-electron chi connectivity index (χ2n) is 5.29. The van der Waals surface area contributed by atoms with E-state index >= 15 is 0 Å². The Labute approximate surface area is 112 Å². The Hall–Kier alpha value is -1.68. The molecule has 1 aromatic carbocycles. The van der Waals surface area contributed by atoms with Gasteiger partial charge in [-0.3, -0.25) is 9.59 Å². The average molecular weight is 262 g/mol. The summed E-state index contributed by atoms with van der Waals surface area (Å²) in [6.07, 6.45) is 2.01. The number of carboxylic acids is 1. The Kier molecular flexibility index (Phi) is 3.71. The van der Waals surface area contributed by atoms with Gasteiger partial charge in [-0.1, -0.05) is 24.3 Å². The normalized spacial score (nSPS) is 24.4. The van der Waals surface area contributed by atoms with Crippen molar-refractivity contribution in [1.82, 2.24) is 0 Å². The van der Waals surface area contributed by atoms with Crippen LogP contribution in [0.5, 0.6) is 0 Å². The summed E-state index contributed by atoms with van der Waals surface area (Å²) < 4.78 is 0. The van der Waals surface area contributed by atoms with Crippen LogP contribution in [0.4, 0.5) is 0 Å². The number of ketones is 1. The molecule has 0 heterocycles. The molecule has 0 amide bonds. The largest absolute Gasteiger partial charge is 0.481 e. The molecule has 102 valence electrons. The van der Waals surface area contributed by atoms with E-state index in [9.17, 15) is 14.7 Å². The SMILES string of the molecule is CC(C(=O)O)c1ccc(CC2(O)CCCC2=O)cc1. The minimum atomic E-state index is -1.22. The molecule has 1 saturated carbocycles. The van der Waals surface area contributed by atoms with E-state index in [4.69, 9.17) is 5.11 Å². The smallest absolute Gasteiger partial charge is 0.310 e. The molecule has 1 aromatic rings. The molecule has 0 saturated heterocycles. The molecule has 0 bridgehead atoms. The highest BCUT2D eigenvalue weighted by Gasteiger charge is 2.39. The molecule has 0 spiro atoms. The van der Waals surface area contributed by atoms with Gasteiger partial charge < -0.3 is 10.2 Å². The first kappa shape index (κ1) is 13.7. The van der Waals surface area contributed by atoms with Gasteiger partial charge in [0.25, 0.3) is 0 Å². The zero-order valence-corrected chi connectivity index (χ0v) is 10.9. The van der Waals surface area contributed by atoms with Gasteiger partial charge in [0.1, 0.15) is 5.60 Å². The van der Waals surface area contributed by atoms with Crippen molar-refractivity contribution in [2.75, 3.05) is 0 Å². The molecule has 1 fully saturated rings. The summed E-state index contributed by atoms with van der Waals surface area (Å²) in [5.74, 6) is -1.50. The van der Waals surface area contributed by atoms with E-state index in [2.05, 4.69) is 0 Å². The quantitative estimate of drug-likeness (QED) is 0.869. The summed E-state index contributed by atoms with van der Waals surface area (Å²) in [6.45, 7) is 1.63. The van der Waals surface area contributed by atoms with Crippen molar-refractivity contribution in [3.8, 4) is 0 Å². The lowest BCUT2D eigenvalue weighted by molar-refractivity contribution is -0.138. The van der Waals surface area contributed by atoms with Gasteiger partial charge in [0, 0.05) is 12.8 Å². The minimum Gasteiger partial charge on any atom is -0.481 e. The summed E-state index contributed by atoms with van der Waals surface area (Å²) in [4.78, 5) is 22.5. The molecule has 1 aliphatic rings. The molecule has 2 rings (SSSR count). The Morgan fingerprint density at radius 1 is 1.37 bits per heavy atom. The van der Waals surface area contributed by atoms with Crippen LogP contribution in [0.15, 0.2) is 24.3 Å². The highest BCUT2D eigenvalue weighted by atomic mass is 16.4. The van der Waals surface area contributed by atoms with Gasteiger partial charge in [0.2, 0.25) is 0 Å². The predicted octanol–water partition coefficient (Wildman–Crippen LogP) is 1.90. The number of aliphatic carboxylic acids is 1. The molecule has 2 N–H and O–H groups in total. The van der Waals surface area contributed by atoms with Crippen molar-refractivity contribution in [1.29, 1.82) is 0 Å². The number of carbonyl (C=O) groups excluding carboxylic acids is 1. The maximum Gasteiger partial charge on any atom is 0.310 e.